The van der Waals surface area contributed by atoms with Crippen molar-refractivity contribution in [1.82, 2.24) is 0 Å². The van der Waals surface area contributed by atoms with Gasteiger partial charge in [-0.1, -0.05) is 12.1 Å². The lowest BCUT2D eigenvalue weighted by atomic mass is 10.2. The minimum Gasteiger partial charge on any atom is -0.496 e. The molecule has 0 aliphatic carbocycles. The van der Waals surface area contributed by atoms with E-state index in [0.717, 1.165) is 0 Å². The first-order valence-corrected chi connectivity index (χ1v) is 5.76. The number of ether oxygens (including phenoxy) is 4. The summed E-state index contributed by atoms with van der Waals surface area (Å²) in [6.45, 7) is 2.77. The Balaban J connectivity index is 2.04. The van der Waals surface area contributed by atoms with Crippen molar-refractivity contribution in [3.8, 4) is 5.75 Å². The maximum atomic E-state index is 11.9. The van der Waals surface area contributed by atoms with Gasteiger partial charge in [-0.15, -0.1) is 0 Å². The normalized spacial score (nSPS) is 23.9. The lowest BCUT2D eigenvalue weighted by Gasteiger charge is -2.12. The molecule has 1 aliphatic heterocycles. The Hall–Kier alpha value is -1.59. The summed E-state index contributed by atoms with van der Waals surface area (Å²) in [4.78, 5) is 11.9. The van der Waals surface area contributed by atoms with Crippen LogP contribution in [0.1, 0.15) is 24.2 Å². The Morgan fingerprint density at radius 1 is 1.17 bits per heavy atom. The van der Waals surface area contributed by atoms with Gasteiger partial charge < -0.3 is 18.9 Å². The van der Waals surface area contributed by atoms with Gasteiger partial charge in [-0.25, -0.2) is 4.79 Å². The lowest BCUT2D eigenvalue weighted by molar-refractivity contribution is -0.209. The molecule has 1 aromatic rings. The third-order valence-electron chi connectivity index (χ3n) is 2.84. The molecule has 18 heavy (non-hydrogen) atoms. The van der Waals surface area contributed by atoms with Gasteiger partial charge in [0.2, 0.25) is 0 Å². The molecule has 1 aromatic carbocycles. The summed E-state index contributed by atoms with van der Waals surface area (Å²) >= 11 is 0. The van der Waals surface area contributed by atoms with Gasteiger partial charge >= 0.3 is 12.4 Å². The van der Waals surface area contributed by atoms with Crippen LogP contribution in [-0.2, 0) is 14.2 Å². The van der Waals surface area contributed by atoms with Gasteiger partial charge in [-0.05, 0) is 26.0 Å². The SMILES string of the molecule is COc1ccccc1C(=O)OC1O[C@H](C)[C@@H](C)O1. The highest BCUT2D eigenvalue weighted by atomic mass is 16.9. The van der Waals surface area contributed by atoms with Crippen molar-refractivity contribution >= 4 is 5.97 Å². The van der Waals surface area contributed by atoms with Gasteiger partial charge in [0.25, 0.3) is 0 Å². The molecule has 1 saturated heterocycles. The highest BCUT2D eigenvalue weighted by Crippen LogP contribution is 2.23. The lowest BCUT2D eigenvalue weighted by Crippen LogP contribution is -2.20. The minimum atomic E-state index is -0.951. The van der Waals surface area contributed by atoms with E-state index >= 15 is 0 Å². The average Bonchev–Trinajstić information content (AvgIpc) is 2.68. The summed E-state index contributed by atoms with van der Waals surface area (Å²) in [5.41, 5.74) is 0.347. The molecule has 1 fully saturated rings. The third kappa shape index (κ3) is 2.63. The Labute approximate surface area is 106 Å². The molecule has 0 radical (unpaired) electrons. The summed E-state index contributed by atoms with van der Waals surface area (Å²) in [6, 6.07) is 6.84. The van der Waals surface area contributed by atoms with E-state index in [1.807, 2.05) is 13.8 Å². The predicted octanol–water partition coefficient (Wildman–Crippen LogP) is 1.96. The number of esters is 1. The topological polar surface area (TPSA) is 54.0 Å². The van der Waals surface area contributed by atoms with Crippen LogP contribution in [0.3, 0.4) is 0 Å². The number of hydrogen-bond acceptors (Lipinski definition) is 5. The van der Waals surface area contributed by atoms with Crippen molar-refractivity contribution < 1.29 is 23.7 Å². The van der Waals surface area contributed by atoms with Crippen molar-refractivity contribution in [3.05, 3.63) is 29.8 Å². The molecule has 1 aliphatic rings. The fourth-order valence-corrected chi connectivity index (χ4v) is 1.62. The molecule has 0 unspecified atom stereocenters. The van der Waals surface area contributed by atoms with Crippen LogP contribution < -0.4 is 4.74 Å². The van der Waals surface area contributed by atoms with Gasteiger partial charge in [0, 0.05) is 0 Å². The molecule has 2 atom stereocenters. The zero-order chi connectivity index (χ0) is 13.1. The smallest absolute Gasteiger partial charge is 0.345 e. The molecule has 0 N–H and O–H groups in total. The first-order chi connectivity index (χ1) is 8.61. The van der Waals surface area contributed by atoms with Crippen LogP contribution in [0.2, 0.25) is 0 Å². The molecule has 0 spiro atoms. The zero-order valence-corrected chi connectivity index (χ0v) is 10.6. The molecule has 0 bridgehead atoms. The molecular weight excluding hydrogens is 236 g/mol. The van der Waals surface area contributed by atoms with E-state index in [2.05, 4.69) is 0 Å². The Kier molecular flexibility index (Phi) is 3.84. The molecule has 1 heterocycles. The van der Waals surface area contributed by atoms with Crippen LogP contribution in [0.15, 0.2) is 24.3 Å². The van der Waals surface area contributed by atoms with E-state index in [0.29, 0.717) is 11.3 Å². The molecule has 5 heteroatoms. The van der Waals surface area contributed by atoms with Crippen LogP contribution >= 0.6 is 0 Å². The second-order valence-corrected chi connectivity index (χ2v) is 4.08. The van der Waals surface area contributed by atoms with E-state index < -0.39 is 12.4 Å². The second kappa shape index (κ2) is 5.37. The maximum Gasteiger partial charge on any atom is 0.345 e. The van der Waals surface area contributed by atoms with Crippen LogP contribution in [0.4, 0.5) is 0 Å². The van der Waals surface area contributed by atoms with Gasteiger partial charge in [-0.2, -0.15) is 0 Å². The van der Waals surface area contributed by atoms with Crippen LogP contribution in [0.25, 0.3) is 0 Å². The Bertz CT molecular complexity index is 421. The average molecular weight is 252 g/mol. The molecule has 0 saturated carbocycles. The number of carbonyl (C=O) groups excluding carboxylic acids is 1. The van der Waals surface area contributed by atoms with E-state index in [1.165, 1.54) is 7.11 Å². The first kappa shape index (κ1) is 12.9. The standard InChI is InChI=1S/C13H16O5/c1-8-9(2)17-13(16-8)18-12(14)10-6-4-5-7-11(10)15-3/h4-9,13H,1-3H3/t8-,9-/m1/s1. The van der Waals surface area contributed by atoms with E-state index in [1.54, 1.807) is 24.3 Å². The molecule has 5 nitrogen and oxygen atoms in total. The highest BCUT2D eigenvalue weighted by Gasteiger charge is 2.33. The van der Waals surface area contributed by atoms with Crippen molar-refractivity contribution in [2.75, 3.05) is 7.11 Å². The minimum absolute atomic E-state index is 0.0968. The molecule has 0 aromatic heterocycles. The largest absolute Gasteiger partial charge is 0.496 e. The van der Waals surface area contributed by atoms with Crippen molar-refractivity contribution in [2.45, 2.75) is 32.5 Å². The molecule has 0 amide bonds. The number of benzene rings is 1. The summed E-state index contributed by atoms with van der Waals surface area (Å²) in [6.07, 6.45) is -0.194. The summed E-state index contributed by atoms with van der Waals surface area (Å²) in [5.74, 6) is -0.0691. The fourth-order valence-electron chi connectivity index (χ4n) is 1.62. The van der Waals surface area contributed by atoms with Crippen LogP contribution in [0, 0.1) is 0 Å². The van der Waals surface area contributed by atoms with Gasteiger partial charge in [0.1, 0.15) is 11.3 Å². The van der Waals surface area contributed by atoms with E-state index in [-0.39, 0.29) is 12.2 Å². The fraction of sp³-hybridized carbons (Fsp3) is 0.462. The van der Waals surface area contributed by atoms with Crippen LogP contribution in [-0.4, -0.2) is 31.8 Å². The van der Waals surface area contributed by atoms with Crippen molar-refractivity contribution in [1.29, 1.82) is 0 Å². The summed E-state index contributed by atoms with van der Waals surface area (Å²) in [5, 5.41) is 0. The van der Waals surface area contributed by atoms with Gasteiger partial charge in [0.15, 0.2) is 0 Å². The van der Waals surface area contributed by atoms with E-state index in [9.17, 15) is 4.79 Å². The highest BCUT2D eigenvalue weighted by molar-refractivity contribution is 5.92. The number of para-hydroxylation sites is 1. The van der Waals surface area contributed by atoms with Gasteiger partial charge in [0.05, 0.1) is 19.3 Å². The van der Waals surface area contributed by atoms with Gasteiger partial charge in [-0.3, -0.25) is 0 Å². The number of carbonyl (C=O) groups is 1. The third-order valence-corrected chi connectivity index (χ3v) is 2.84. The first-order valence-electron chi connectivity index (χ1n) is 5.76. The van der Waals surface area contributed by atoms with Crippen molar-refractivity contribution in [3.63, 3.8) is 0 Å². The number of rotatable bonds is 3. The van der Waals surface area contributed by atoms with Crippen molar-refractivity contribution in [2.24, 2.45) is 0 Å². The Morgan fingerprint density at radius 3 is 2.39 bits per heavy atom. The Morgan fingerprint density at radius 2 is 1.78 bits per heavy atom. The summed E-state index contributed by atoms with van der Waals surface area (Å²) in [7, 11) is 1.50. The number of methoxy groups -OCH3 is 1. The summed E-state index contributed by atoms with van der Waals surface area (Å²) < 4.78 is 20.9. The van der Waals surface area contributed by atoms with Crippen LogP contribution in [0.5, 0.6) is 5.75 Å². The maximum absolute atomic E-state index is 11.9. The van der Waals surface area contributed by atoms with E-state index in [4.69, 9.17) is 18.9 Å². The quantitative estimate of drug-likeness (QED) is 0.770. The monoisotopic (exact) mass is 252 g/mol. The number of hydrogen-bond donors (Lipinski definition) is 0. The second-order valence-electron chi connectivity index (χ2n) is 4.08. The molecule has 2 rings (SSSR count). The molecule has 98 valence electrons. The molecular formula is C13H16O5. The predicted molar refractivity (Wildman–Crippen MR) is 63.3 cm³/mol. The zero-order valence-electron chi connectivity index (χ0n) is 10.6.